The SMILES string of the molecule is COc1ccc(N2C(=O)c3ccccc3N[C@H]2c2ccc(N(C)C)cc2)cc1. The van der Waals surface area contributed by atoms with Crippen LogP contribution in [0.15, 0.2) is 72.8 Å². The second kappa shape index (κ2) is 7.27. The van der Waals surface area contributed by atoms with Crippen molar-refractivity contribution in [2.45, 2.75) is 6.17 Å². The average Bonchev–Trinajstić information content (AvgIpc) is 2.74. The molecule has 1 aliphatic heterocycles. The van der Waals surface area contributed by atoms with E-state index in [1.807, 2.05) is 62.6 Å². The zero-order valence-electron chi connectivity index (χ0n) is 16.2. The minimum Gasteiger partial charge on any atom is -0.497 e. The lowest BCUT2D eigenvalue weighted by molar-refractivity contribution is 0.0975. The van der Waals surface area contributed by atoms with E-state index in [2.05, 4.69) is 34.5 Å². The van der Waals surface area contributed by atoms with Crippen LogP contribution in [0.1, 0.15) is 22.1 Å². The molecule has 4 rings (SSSR count). The van der Waals surface area contributed by atoms with Crippen molar-refractivity contribution in [1.29, 1.82) is 0 Å². The van der Waals surface area contributed by atoms with Gasteiger partial charge in [-0.3, -0.25) is 9.69 Å². The van der Waals surface area contributed by atoms with Crippen molar-refractivity contribution < 1.29 is 9.53 Å². The number of carbonyl (C=O) groups excluding carboxylic acids is 1. The van der Waals surface area contributed by atoms with Gasteiger partial charge < -0.3 is 15.0 Å². The Morgan fingerprint density at radius 2 is 1.61 bits per heavy atom. The summed E-state index contributed by atoms with van der Waals surface area (Å²) >= 11 is 0. The van der Waals surface area contributed by atoms with Crippen molar-refractivity contribution >= 4 is 23.0 Å². The molecule has 1 atom stereocenters. The van der Waals surface area contributed by atoms with Gasteiger partial charge in [0, 0.05) is 31.2 Å². The topological polar surface area (TPSA) is 44.8 Å². The number of nitrogens with one attached hydrogen (secondary N) is 1. The van der Waals surface area contributed by atoms with Crippen molar-refractivity contribution in [3.63, 3.8) is 0 Å². The third-order valence-corrected chi connectivity index (χ3v) is 5.00. The van der Waals surface area contributed by atoms with Crippen LogP contribution in [0.3, 0.4) is 0 Å². The van der Waals surface area contributed by atoms with Gasteiger partial charge in [0.25, 0.3) is 5.91 Å². The number of rotatable bonds is 4. The number of para-hydroxylation sites is 1. The van der Waals surface area contributed by atoms with E-state index in [9.17, 15) is 4.79 Å². The summed E-state index contributed by atoms with van der Waals surface area (Å²) in [5, 5.41) is 3.53. The number of benzene rings is 3. The largest absolute Gasteiger partial charge is 0.497 e. The number of ether oxygens (including phenoxy) is 1. The zero-order valence-corrected chi connectivity index (χ0v) is 16.2. The first-order valence-electron chi connectivity index (χ1n) is 9.19. The van der Waals surface area contributed by atoms with Gasteiger partial charge in [0.05, 0.1) is 12.7 Å². The summed E-state index contributed by atoms with van der Waals surface area (Å²) in [6, 6.07) is 23.4. The van der Waals surface area contributed by atoms with E-state index in [4.69, 9.17) is 4.74 Å². The second-order valence-corrected chi connectivity index (χ2v) is 6.95. The maximum absolute atomic E-state index is 13.4. The summed E-state index contributed by atoms with van der Waals surface area (Å²) < 4.78 is 5.26. The molecule has 1 N–H and O–H groups in total. The van der Waals surface area contributed by atoms with Crippen LogP contribution in [-0.4, -0.2) is 27.1 Å². The van der Waals surface area contributed by atoms with Crippen molar-refractivity contribution in [2.24, 2.45) is 0 Å². The number of hydrogen-bond donors (Lipinski definition) is 1. The number of hydrogen-bond acceptors (Lipinski definition) is 4. The van der Waals surface area contributed by atoms with Gasteiger partial charge in [-0.2, -0.15) is 0 Å². The lowest BCUT2D eigenvalue weighted by atomic mass is 10.0. The molecule has 28 heavy (non-hydrogen) atoms. The molecule has 1 amide bonds. The number of carbonyl (C=O) groups is 1. The molecule has 0 fully saturated rings. The van der Waals surface area contributed by atoms with E-state index < -0.39 is 0 Å². The zero-order chi connectivity index (χ0) is 19.7. The van der Waals surface area contributed by atoms with E-state index in [1.165, 1.54) is 0 Å². The van der Waals surface area contributed by atoms with Gasteiger partial charge in [-0.15, -0.1) is 0 Å². The number of nitrogens with zero attached hydrogens (tertiary/aromatic N) is 2. The van der Waals surface area contributed by atoms with Crippen LogP contribution in [0.4, 0.5) is 17.1 Å². The van der Waals surface area contributed by atoms with Crippen LogP contribution in [-0.2, 0) is 0 Å². The summed E-state index contributed by atoms with van der Waals surface area (Å²) in [6.45, 7) is 0. The van der Waals surface area contributed by atoms with E-state index in [-0.39, 0.29) is 12.1 Å². The monoisotopic (exact) mass is 373 g/mol. The normalized spacial score (nSPS) is 15.6. The summed E-state index contributed by atoms with van der Waals surface area (Å²) in [5.74, 6) is 0.731. The third kappa shape index (κ3) is 3.16. The van der Waals surface area contributed by atoms with Crippen molar-refractivity contribution in [1.82, 2.24) is 0 Å². The lowest BCUT2D eigenvalue weighted by Crippen LogP contribution is -2.43. The number of fused-ring (bicyclic) bond motifs is 1. The Morgan fingerprint density at radius 3 is 2.25 bits per heavy atom. The molecule has 0 radical (unpaired) electrons. The maximum atomic E-state index is 13.4. The fraction of sp³-hybridized carbons (Fsp3) is 0.174. The number of amides is 1. The first kappa shape index (κ1) is 17.9. The highest BCUT2D eigenvalue weighted by Gasteiger charge is 2.33. The molecule has 0 aliphatic carbocycles. The molecule has 0 saturated heterocycles. The molecule has 3 aromatic carbocycles. The first-order valence-corrected chi connectivity index (χ1v) is 9.19. The molecule has 3 aromatic rings. The molecule has 0 spiro atoms. The molecule has 0 unspecified atom stereocenters. The molecule has 1 aliphatic rings. The van der Waals surface area contributed by atoms with Gasteiger partial charge in [0.1, 0.15) is 11.9 Å². The first-order chi connectivity index (χ1) is 13.6. The Kier molecular flexibility index (Phi) is 4.65. The summed E-state index contributed by atoms with van der Waals surface area (Å²) in [6.07, 6.45) is -0.299. The van der Waals surface area contributed by atoms with E-state index in [0.717, 1.165) is 28.4 Å². The Bertz CT molecular complexity index is 981. The van der Waals surface area contributed by atoms with E-state index in [0.29, 0.717) is 5.56 Å². The molecular weight excluding hydrogens is 350 g/mol. The summed E-state index contributed by atoms with van der Waals surface area (Å²) in [4.78, 5) is 17.2. The molecule has 0 aromatic heterocycles. The van der Waals surface area contributed by atoms with Crippen molar-refractivity contribution in [2.75, 3.05) is 36.3 Å². The van der Waals surface area contributed by atoms with Crippen LogP contribution >= 0.6 is 0 Å². The molecule has 1 heterocycles. The molecule has 0 bridgehead atoms. The molecule has 5 heteroatoms. The van der Waals surface area contributed by atoms with E-state index >= 15 is 0 Å². The quantitative estimate of drug-likeness (QED) is 0.730. The fourth-order valence-electron chi connectivity index (χ4n) is 3.45. The average molecular weight is 373 g/mol. The highest BCUT2D eigenvalue weighted by atomic mass is 16.5. The van der Waals surface area contributed by atoms with Crippen LogP contribution in [0.25, 0.3) is 0 Å². The van der Waals surface area contributed by atoms with Crippen LogP contribution < -0.4 is 19.9 Å². The van der Waals surface area contributed by atoms with Gasteiger partial charge in [-0.1, -0.05) is 24.3 Å². The number of methoxy groups -OCH3 is 1. The highest BCUT2D eigenvalue weighted by molar-refractivity contribution is 6.12. The van der Waals surface area contributed by atoms with E-state index in [1.54, 1.807) is 12.0 Å². The van der Waals surface area contributed by atoms with Crippen molar-refractivity contribution in [3.05, 3.63) is 83.9 Å². The maximum Gasteiger partial charge on any atom is 0.262 e. The van der Waals surface area contributed by atoms with Gasteiger partial charge in [-0.25, -0.2) is 0 Å². The standard InChI is InChI=1S/C23H23N3O2/c1-25(2)17-10-8-16(9-11-17)22-24-21-7-5-4-6-20(21)23(27)26(22)18-12-14-19(28-3)15-13-18/h4-15,22,24H,1-3H3/t22-/m1/s1. The Balaban J connectivity index is 1.79. The van der Waals surface area contributed by atoms with Gasteiger partial charge in [0.2, 0.25) is 0 Å². The predicted octanol–water partition coefficient (Wildman–Crippen LogP) is 4.53. The minimum atomic E-state index is -0.299. The smallest absolute Gasteiger partial charge is 0.262 e. The second-order valence-electron chi connectivity index (χ2n) is 6.95. The Morgan fingerprint density at radius 1 is 0.929 bits per heavy atom. The van der Waals surface area contributed by atoms with Crippen LogP contribution in [0.5, 0.6) is 5.75 Å². The third-order valence-electron chi connectivity index (χ3n) is 5.00. The molecule has 0 saturated carbocycles. The molecule has 5 nitrogen and oxygen atoms in total. The van der Waals surface area contributed by atoms with Gasteiger partial charge in [-0.05, 0) is 54.1 Å². The minimum absolute atomic E-state index is 0.0267. The highest BCUT2D eigenvalue weighted by Crippen LogP contribution is 2.37. The molecular formula is C23H23N3O2. The van der Waals surface area contributed by atoms with Crippen LogP contribution in [0.2, 0.25) is 0 Å². The van der Waals surface area contributed by atoms with Crippen LogP contribution in [0, 0.1) is 0 Å². The lowest BCUT2D eigenvalue weighted by Gasteiger charge is -2.38. The Hall–Kier alpha value is -3.47. The fourth-order valence-corrected chi connectivity index (χ4v) is 3.45. The molecule has 142 valence electrons. The summed E-state index contributed by atoms with van der Waals surface area (Å²) in [5.41, 5.74) is 4.46. The summed E-state index contributed by atoms with van der Waals surface area (Å²) in [7, 11) is 5.66. The van der Waals surface area contributed by atoms with Crippen molar-refractivity contribution in [3.8, 4) is 5.75 Å². The van der Waals surface area contributed by atoms with Gasteiger partial charge >= 0.3 is 0 Å². The Labute approximate surface area is 165 Å². The predicted molar refractivity (Wildman–Crippen MR) is 113 cm³/mol. The number of anilines is 3. The van der Waals surface area contributed by atoms with Gasteiger partial charge in [0.15, 0.2) is 0 Å².